The van der Waals surface area contributed by atoms with Gasteiger partial charge < -0.3 is 5.32 Å². The van der Waals surface area contributed by atoms with Gasteiger partial charge in [-0.05, 0) is 50.5 Å². The lowest BCUT2D eigenvalue weighted by Gasteiger charge is -2.36. The summed E-state index contributed by atoms with van der Waals surface area (Å²) in [5, 5.41) is 3.80. The molecule has 0 aromatic heterocycles. The van der Waals surface area contributed by atoms with Gasteiger partial charge in [0.1, 0.15) is 0 Å². The predicted molar refractivity (Wildman–Crippen MR) is 76.7 cm³/mol. The van der Waals surface area contributed by atoms with E-state index >= 15 is 0 Å². The van der Waals surface area contributed by atoms with Crippen molar-refractivity contribution in [3.05, 3.63) is 0 Å². The van der Waals surface area contributed by atoms with Crippen LogP contribution in [0.2, 0.25) is 0 Å². The molecular weight excluding hydrogens is 220 g/mol. The quantitative estimate of drug-likeness (QED) is 0.807. The zero-order valence-electron chi connectivity index (χ0n) is 12.0. The molecule has 1 aliphatic heterocycles. The van der Waals surface area contributed by atoms with Crippen molar-refractivity contribution in [2.24, 2.45) is 11.8 Å². The summed E-state index contributed by atoms with van der Waals surface area (Å²) >= 11 is 0. The van der Waals surface area contributed by atoms with Gasteiger partial charge in [-0.2, -0.15) is 0 Å². The van der Waals surface area contributed by atoms with Crippen LogP contribution < -0.4 is 5.32 Å². The van der Waals surface area contributed by atoms with Gasteiger partial charge in [0.15, 0.2) is 0 Å². The molecule has 3 atom stereocenters. The highest BCUT2D eigenvalue weighted by atomic mass is 15.2. The summed E-state index contributed by atoms with van der Waals surface area (Å²) < 4.78 is 0. The largest absolute Gasteiger partial charge is 0.313 e. The van der Waals surface area contributed by atoms with Crippen LogP contribution in [0.4, 0.5) is 0 Å². The summed E-state index contributed by atoms with van der Waals surface area (Å²) in [4.78, 5) is 2.82. The van der Waals surface area contributed by atoms with Gasteiger partial charge in [-0.1, -0.05) is 26.2 Å². The van der Waals surface area contributed by atoms with Crippen LogP contribution in [-0.2, 0) is 0 Å². The number of nitrogens with one attached hydrogen (secondary N) is 1. The summed E-state index contributed by atoms with van der Waals surface area (Å²) in [6.07, 6.45) is 11.9. The summed E-state index contributed by atoms with van der Waals surface area (Å²) in [5.41, 5.74) is 0. The first kappa shape index (κ1) is 12.9. The molecule has 2 aliphatic carbocycles. The number of hydrogen-bond donors (Lipinski definition) is 1. The van der Waals surface area contributed by atoms with Crippen LogP contribution in [0.3, 0.4) is 0 Å². The molecule has 3 unspecified atom stereocenters. The first-order valence-electron chi connectivity index (χ1n) is 8.34. The third-order valence-corrected chi connectivity index (χ3v) is 5.64. The Balaban J connectivity index is 1.55. The molecule has 104 valence electrons. The van der Waals surface area contributed by atoms with E-state index < -0.39 is 0 Å². The Bertz CT molecular complexity index is 260. The van der Waals surface area contributed by atoms with Gasteiger partial charge in [0.25, 0.3) is 0 Å². The van der Waals surface area contributed by atoms with E-state index in [2.05, 4.69) is 17.1 Å². The number of hydrogen-bond acceptors (Lipinski definition) is 2. The van der Waals surface area contributed by atoms with Gasteiger partial charge in [-0.15, -0.1) is 0 Å². The first-order chi connectivity index (χ1) is 8.86. The predicted octanol–water partition coefficient (Wildman–Crippen LogP) is 3.03. The van der Waals surface area contributed by atoms with Crippen molar-refractivity contribution in [3.8, 4) is 0 Å². The Morgan fingerprint density at radius 3 is 2.56 bits per heavy atom. The van der Waals surface area contributed by atoms with Crippen LogP contribution in [0, 0.1) is 11.8 Å². The van der Waals surface area contributed by atoms with E-state index in [1.165, 1.54) is 64.5 Å². The van der Waals surface area contributed by atoms with Crippen LogP contribution in [0.25, 0.3) is 0 Å². The highest BCUT2D eigenvalue weighted by Crippen LogP contribution is 2.38. The Hall–Kier alpha value is -0.0800. The topological polar surface area (TPSA) is 15.3 Å². The van der Waals surface area contributed by atoms with Crippen molar-refractivity contribution in [1.29, 1.82) is 0 Å². The van der Waals surface area contributed by atoms with Crippen molar-refractivity contribution < 1.29 is 0 Å². The van der Waals surface area contributed by atoms with Crippen molar-refractivity contribution in [2.75, 3.05) is 19.6 Å². The van der Waals surface area contributed by atoms with E-state index in [4.69, 9.17) is 0 Å². The van der Waals surface area contributed by atoms with Crippen LogP contribution in [0.15, 0.2) is 0 Å². The summed E-state index contributed by atoms with van der Waals surface area (Å²) in [5.74, 6) is 2.00. The van der Waals surface area contributed by atoms with E-state index in [9.17, 15) is 0 Å². The number of nitrogens with zero attached hydrogens (tertiary/aromatic N) is 1. The lowest BCUT2D eigenvalue weighted by Crippen LogP contribution is -2.48. The summed E-state index contributed by atoms with van der Waals surface area (Å²) in [7, 11) is 0. The third-order valence-electron chi connectivity index (χ3n) is 5.64. The molecular formula is C16H30N2. The third kappa shape index (κ3) is 2.75. The molecule has 2 heteroatoms. The van der Waals surface area contributed by atoms with Crippen molar-refractivity contribution >= 4 is 0 Å². The van der Waals surface area contributed by atoms with Gasteiger partial charge in [0, 0.05) is 25.2 Å². The number of piperidine rings is 1. The minimum Gasteiger partial charge on any atom is -0.313 e. The number of fused-ring (bicyclic) bond motifs is 2. The summed E-state index contributed by atoms with van der Waals surface area (Å²) in [6.45, 7) is 6.15. The summed E-state index contributed by atoms with van der Waals surface area (Å²) in [6, 6.07) is 1.72. The van der Waals surface area contributed by atoms with Gasteiger partial charge in [-0.3, -0.25) is 4.90 Å². The molecule has 3 rings (SSSR count). The van der Waals surface area contributed by atoms with Gasteiger partial charge in [0.05, 0.1) is 0 Å². The molecule has 1 N–H and O–H groups in total. The average Bonchev–Trinajstić information content (AvgIpc) is 3.01. The maximum atomic E-state index is 3.80. The fourth-order valence-corrected chi connectivity index (χ4v) is 4.68. The standard InChI is InChI=1S/C16H30N2/c1-2-17-16(14-6-4-3-5-7-14)12-18-11-13-8-9-15(18)10-13/h13-17H,2-12H2,1H3. The van der Waals surface area contributed by atoms with Crippen LogP contribution in [0.5, 0.6) is 0 Å². The second-order valence-corrected chi connectivity index (χ2v) is 6.85. The van der Waals surface area contributed by atoms with Crippen molar-refractivity contribution in [1.82, 2.24) is 10.2 Å². The van der Waals surface area contributed by atoms with Crippen LogP contribution in [0.1, 0.15) is 58.3 Å². The van der Waals surface area contributed by atoms with E-state index in [-0.39, 0.29) is 0 Å². The molecule has 3 fully saturated rings. The van der Waals surface area contributed by atoms with Gasteiger partial charge in [0.2, 0.25) is 0 Å². The molecule has 0 aromatic carbocycles. The highest BCUT2D eigenvalue weighted by Gasteiger charge is 2.39. The zero-order chi connectivity index (χ0) is 12.4. The fraction of sp³-hybridized carbons (Fsp3) is 1.00. The normalized spacial score (nSPS) is 35.2. The molecule has 0 spiro atoms. The Morgan fingerprint density at radius 2 is 1.94 bits per heavy atom. The molecule has 0 aromatic rings. The molecule has 2 nitrogen and oxygen atoms in total. The monoisotopic (exact) mass is 250 g/mol. The van der Waals surface area contributed by atoms with E-state index in [1.54, 1.807) is 0 Å². The van der Waals surface area contributed by atoms with Gasteiger partial charge in [-0.25, -0.2) is 0 Å². The average molecular weight is 250 g/mol. The Morgan fingerprint density at radius 1 is 1.11 bits per heavy atom. The minimum absolute atomic E-state index is 0.773. The molecule has 18 heavy (non-hydrogen) atoms. The smallest absolute Gasteiger partial charge is 0.0223 e. The second kappa shape index (κ2) is 5.92. The lowest BCUT2D eigenvalue weighted by molar-refractivity contribution is 0.154. The molecule has 0 radical (unpaired) electrons. The molecule has 0 amide bonds. The highest BCUT2D eigenvalue weighted by molar-refractivity contribution is 4.94. The Labute approximate surface area is 113 Å². The Kier molecular flexibility index (Phi) is 4.25. The van der Waals surface area contributed by atoms with E-state index in [0.717, 1.165) is 30.5 Å². The van der Waals surface area contributed by atoms with Crippen LogP contribution >= 0.6 is 0 Å². The maximum absolute atomic E-state index is 3.80. The zero-order valence-corrected chi connectivity index (χ0v) is 12.0. The SMILES string of the molecule is CCNC(CN1CC2CCC1C2)C1CCCCC1. The fourth-order valence-electron chi connectivity index (χ4n) is 4.68. The van der Waals surface area contributed by atoms with Crippen LogP contribution in [-0.4, -0.2) is 36.6 Å². The molecule has 2 bridgehead atoms. The number of rotatable bonds is 5. The van der Waals surface area contributed by atoms with E-state index in [0.29, 0.717) is 0 Å². The second-order valence-electron chi connectivity index (χ2n) is 6.85. The molecule has 1 saturated heterocycles. The molecule has 3 aliphatic rings. The van der Waals surface area contributed by atoms with E-state index in [1.807, 2.05) is 0 Å². The first-order valence-corrected chi connectivity index (χ1v) is 8.34. The maximum Gasteiger partial charge on any atom is 0.0223 e. The minimum atomic E-state index is 0.773. The van der Waals surface area contributed by atoms with Crippen molar-refractivity contribution in [3.63, 3.8) is 0 Å². The molecule has 2 saturated carbocycles. The number of likely N-dealkylation sites (tertiary alicyclic amines) is 1. The van der Waals surface area contributed by atoms with Crippen molar-refractivity contribution in [2.45, 2.75) is 70.4 Å². The molecule has 1 heterocycles. The number of likely N-dealkylation sites (N-methyl/N-ethyl adjacent to an activating group) is 1. The lowest BCUT2D eigenvalue weighted by atomic mass is 9.83. The van der Waals surface area contributed by atoms with Gasteiger partial charge >= 0.3 is 0 Å².